The normalized spacial score (nSPS) is 11.7. The monoisotopic (exact) mass is 558 g/mol. The van der Waals surface area contributed by atoms with E-state index < -0.39 is 29.5 Å². The van der Waals surface area contributed by atoms with Crippen molar-refractivity contribution in [3.05, 3.63) is 101 Å². The van der Waals surface area contributed by atoms with E-state index in [1.54, 1.807) is 12.3 Å². The lowest BCUT2D eigenvalue weighted by Gasteiger charge is -2.17. The Labute approximate surface area is 235 Å². The van der Waals surface area contributed by atoms with Crippen molar-refractivity contribution in [1.29, 1.82) is 0 Å². The van der Waals surface area contributed by atoms with Gasteiger partial charge in [0.05, 0.1) is 19.2 Å². The molecular formula is C29H30N6O6. The number of para-hydroxylation sites is 1. The van der Waals surface area contributed by atoms with Crippen molar-refractivity contribution in [2.24, 2.45) is 5.73 Å². The van der Waals surface area contributed by atoms with Gasteiger partial charge in [-0.1, -0.05) is 42.5 Å². The number of aromatic amines is 1. The third-order valence-corrected chi connectivity index (χ3v) is 6.06. The summed E-state index contributed by atoms with van der Waals surface area (Å²) in [5, 5.41) is 5.01. The molecule has 0 bridgehead atoms. The number of nitrogens with one attached hydrogen (secondary N) is 3. The van der Waals surface area contributed by atoms with Gasteiger partial charge in [-0.3, -0.25) is 14.4 Å². The number of H-pyrrole nitrogens is 1. The van der Waals surface area contributed by atoms with Crippen molar-refractivity contribution >= 4 is 34.6 Å². The second kappa shape index (κ2) is 13.6. The molecule has 3 amide bonds. The van der Waals surface area contributed by atoms with Gasteiger partial charge in [-0.05, 0) is 48.7 Å². The van der Waals surface area contributed by atoms with Crippen molar-refractivity contribution in [3.8, 4) is 5.75 Å². The van der Waals surface area contributed by atoms with Crippen molar-refractivity contribution < 1.29 is 23.9 Å². The molecular weight excluding hydrogens is 528 g/mol. The van der Waals surface area contributed by atoms with Gasteiger partial charge in [-0.2, -0.15) is 0 Å². The summed E-state index contributed by atoms with van der Waals surface area (Å²) in [7, 11) is 1.17. The van der Waals surface area contributed by atoms with E-state index in [0.29, 0.717) is 23.7 Å². The van der Waals surface area contributed by atoms with Crippen LogP contribution in [0.25, 0.3) is 11.0 Å². The summed E-state index contributed by atoms with van der Waals surface area (Å²) in [6.07, 6.45) is 3.83. The van der Waals surface area contributed by atoms with Gasteiger partial charge in [-0.15, -0.1) is 0 Å². The summed E-state index contributed by atoms with van der Waals surface area (Å²) in [5.74, 6) is -0.122. The molecule has 2 aromatic carbocycles. The Morgan fingerprint density at radius 1 is 1.10 bits per heavy atom. The fourth-order valence-electron chi connectivity index (χ4n) is 4.05. The number of allylic oxidation sites excluding steroid dienone is 1. The number of fused-ring (bicyclic) bond motifs is 1. The topological polar surface area (TPSA) is 170 Å². The third-order valence-electron chi connectivity index (χ3n) is 6.06. The lowest BCUT2D eigenvalue weighted by Crippen LogP contribution is -2.44. The number of hydrogen-bond acceptors (Lipinski definition) is 7. The first kappa shape index (κ1) is 28.6. The molecule has 0 radical (unpaired) electrons. The van der Waals surface area contributed by atoms with Crippen LogP contribution in [0.15, 0.2) is 83.8 Å². The maximum Gasteiger partial charge on any atom is 0.407 e. The van der Waals surface area contributed by atoms with Crippen LogP contribution in [0.4, 0.5) is 10.5 Å². The predicted octanol–water partition coefficient (Wildman–Crippen LogP) is 2.84. The standard InChI is InChI=1S/C29H30N6O6/c1-40-29(39)33-21(11-5-6-15-24(30)36)27(37)32-22-13-8-16-35(28(22)38)17-25-31-20-12-7-14-23(26(20)34-25)41-18-19-9-3-2-4-10-19/h2-4,6-10,12-16,21H,5,11,17-18H2,1H3,(H2,30,36)(H,31,34)(H,32,37)(H,33,39)/b15-6+. The Morgan fingerprint density at radius 3 is 2.66 bits per heavy atom. The molecule has 1 atom stereocenters. The highest BCUT2D eigenvalue weighted by molar-refractivity contribution is 5.96. The fraction of sp³-hybridized carbons (Fsp3) is 0.207. The number of hydrogen-bond donors (Lipinski definition) is 4. The number of alkyl carbamates (subject to hydrolysis) is 1. The number of carbonyl (C=O) groups is 3. The first-order valence-electron chi connectivity index (χ1n) is 12.8. The molecule has 4 aromatic rings. The summed E-state index contributed by atoms with van der Waals surface area (Å²) < 4.78 is 12.0. The van der Waals surface area contributed by atoms with Crippen LogP contribution in [0.1, 0.15) is 24.2 Å². The number of aromatic nitrogens is 3. The second-order valence-electron chi connectivity index (χ2n) is 9.02. The van der Waals surface area contributed by atoms with Crippen LogP contribution in [-0.2, 0) is 27.5 Å². The first-order valence-corrected chi connectivity index (χ1v) is 12.8. The van der Waals surface area contributed by atoms with Gasteiger partial charge in [-0.25, -0.2) is 9.78 Å². The molecule has 4 rings (SSSR count). The van der Waals surface area contributed by atoms with Crippen LogP contribution in [0.5, 0.6) is 5.75 Å². The van der Waals surface area contributed by atoms with Gasteiger partial charge >= 0.3 is 6.09 Å². The highest BCUT2D eigenvalue weighted by Crippen LogP contribution is 2.24. The number of benzene rings is 2. The number of anilines is 1. The van der Waals surface area contributed by atoms with Gasteiger partial charge in [0.25, 0.3) is 5.56 Å². The van der Waals surface area contributed by atoms with Crippen LogP contribution < -0.4 is 26.7 Å². The minimum Gasteiger partial charge on any atom is -0.487 e. The van der Waals surface area contributed by atoms with Crippen molar-refractivity contribution in [2.45, 2.75) is 32.0 Å². The number of imidazole rings is 1. The molecule has 2 aromatic heterocycles. The summed E-state index contributed by atoms with van der Waals surface area (Å²) in [4.78, 5) is 56.7. The number of carbonyl (C=O) groups excluding carboxylic acids is 3. The highest BCUT2D eigenvalue weighted by atomic mass is 16.5. The molecule has 5 N–H and O–H groups in total. The van der Waals surface area contributed by atoms with Crippen LogP contribution >= 0.6 is 0 Å². The highest BCUT2D eigenvalue weighted by Gasteiger charge is 2.22. The number of ether oxygens (including phenoxy) is 2. The fourth-order valence-corrected chi connectivity index (χ4v) is 4.05. The lowest BCUT2D eigenvalue weighted by atomic mass is 10.1. The largest absolute Gasteiger partial charge is 0.487 e. The number of rotatable bonds is 12. The van der Waals surface area contributed by atoms with Gasteiger partial charge in [0, 0.05) is 6.20 Å². The summed E-state index contributed by atoms with van der Waals surface area (Å²) in [6.45, 7) is 0.494. The minimum atomic E-state index is -1.03. The number of nitrogens with two attached hydrogens (primary N) is 1. The van der Waals surface area contributed by atoms with Crippen LogP contribution in [0, 0.1) is 0 Å². The third kappa shape index (κ3) is 7.82. The van der Waals surface area contributed by atoms with Gasteiger partial charge < -0.3 is 35.4 Å². The molecule has 0 fully saturated rings. The number of nitrogens with zero attached hydrogens (tertiary/aromatic N) is 2. The van der Waals surface area contributed by atoms with Gasteiger partial charge in [0.1, 0.15) is 35.4 Å². The Hall–Kier alpha value is -5.39. The van der Waals surface area contributed by atoms with Crippen molar-refractivity contribution in [2.75, 3.05) is 12.4 Å². The smallest absolute Gasteiger partial charge is 0.407 e. The quantitative estimate of drug-likeness (QED) is 0.194. The van der Waals surface area contributed by atoms with E-state index in [1.807, 2.05) is 48.5 Å². The average molecular weight is 559 g/mol. The minimum absolute atomic E-state index is 0.0184. The van der Waals surface area contributed by atoms with E-state index in [0.717, 1.165) is 11.1 Å². The van der Waals surface area contributed by atoms with E-state index in [4.69, 9.17) is 10.5 Å². The maximum absolute atomic E-state index is 13.2. The Bertz CT molecular complexity index is 1610. The number of primary amides is 1. The zero-order valence-corrected chi connectivity index (χ0v) is 22.3. The SMILES string of the molecule is COC(=O)NC(CC/C=C/C(N)=O)C(=O)Nc1cccn(Cc2nc3c(OCc4ccccc4)cccc3[nH]2)c1=O. The van der Waals surface area contributed by atoms with Crippen LogP contribution in [0.2, 0.25) is 0 Å². The molecule has 0 saturated carbocycles. The molecule has 1 unspecified atom stereocenters. The maximum atomic E-state index is 13.2. The predicted molar refractivity (Wildman–Crippen MR) is 152 cm³/mol. The summed E-state index contributed by atoms with van der Waals surface area (Å²) >= 11 is 0. The van der Waals surface area contributed by atoms with E-state index in [2.05, 4.69) is 25.3 Å². The van der Waals surface area contributed by atoms with Gasteiger partial charge in [0.2, 0.25) is 11.8 Å². The van der Waals surface area contributed by atoms with Crippen molar-refractivity contribution in [3.63, 3.8) is 0 Å². The van der Waals surface area contributed by atoms with E-state index in [1.165, 1.54) is 29.9 Å². The molecule has 12 heteroatoms. The molecule has 0 spiro atoms. The molecule has 0 aliphatic carbocycles. The molecule has 0 aliphatic rings. The molecule has 41 heavy (non-hydrogen) atoms. The summed E-state index contributed by atoms with van der Waals surface area (Å²) in [5.41, 5.74) is 7.05. The average Bonchev–Trinajstić information content (AvgIpc) is 3.39. The van der Waals surface area contributed by atoms with E-state index in [-0.39, 0.29) is 25.1 Å². The van der Waals surface area contributed by atoms with Crippen LogP contribution in [-0.4, -0.2) is 45.6 Å². The Morgan fingerprint density at radius 2 is 1.90 bits per heavy atom. The molecule has 0 saturated heterocycles. The number of amides is 3. The van der Waals surface area contributed by atoms with Crippen molar-refractivity contribution in [1.82, 2.24) is 19.9 Å². The van der Waals surface area contributed by atoms with Crippen LogP contribution in [0.3, 0.4) is 0 Å². The second-order valence-corrected chi connectivity index (χ2v) is 9.02. The van der Waals surface area contributed by atoms with E-state index in [9.17, 15) is 19.2 Å². The van der Waals surface area contributed by atoms with E-state index >= 15 is 0 Å². The zero-order valence-electron chi connectivity index (χ0n) is 22.3. The first-order chi connectivity index (χ1) is 19.8. The number of pyridine rings is 1. The Kier molecular flexibility index (Phi) is 9.49. The molecule has 12 nitrogen and oxygen atoms in total. The molecule has 212 valence electrons. The van der Waals surface area contributed by atoms with Gasteiger partial charge in [0.15, 0.2) is 0 Å². The molecule has 2 heterocycles. The molecule has 0 aliphatic heterocycles. The Balaban J connectivity index is 1.48. The lowest BCUT2D eigenvalue weighted by molar-refractivity contribution is -0.118. The number of methoxy groups -OCH3 is 1. The summed E-state index contributed by atoms with van der Waals surface area (Å²) in [6, 6.07) is 17.4. The zero-order chi connectivity index (χ0) is 29.2.